The third-order valence-corrected chi connectivity index (χ3v) is 4.67. The van der Waals surface area contributed by atoms with Gasteiger partial charge in [0.25, 0.3) is 0 Å². The predicted octanol–water partition coefficient (Wildman–Crippen LogP) is 3.40. The third-order valence-electron chi connectivity index (χ3n) is 4.67. The molecule has 0 aliphatic carbocycles. The number of nitrogens with zero attached hydrogens (tertiary/aromatic N) is 4. The molecule has 1 atom stereocenters. The normalized spacial score (nSPS) is 12.9. The third kappa shape index (κ3) is 5.98. The summed E-state index contributed by atoms with van der Waals surface area (Å²) in [6.07, 6.45) is -1.79. The molecule has 3 aromatic rings. The number of aliphatic hydroxyl groups is 1. The smallest absolute Gasteiger partial charge is 0.417 e. The number of rotatable bonds is 7. The first-order chi connectivity index (χ1) is 15.4. The van der Waals surface area contributed by atoms with Crippen molar-refractivity contribution in [3.8, 4) is 17.3 Å². The lowest BCUT2D eigenvalue weighted by Crippen LogP contribution is -2.36. The van der Waals surface area contributed by atoms with Gasteiger partial charge in [-0.1, -0.05) is 6.07 Å². The minimum atomic E-state index is -4.65. The molecule has 0 unspecified atom stereocenters. The summed E-state index contributed by atoms with van der Waals surface area (Å²) in [6, 6.07) is 6.20. The number of oxazole rings is 1. The molecule has 0 saturated carbocycles. The molecule has 33 heavy (non-hydrogen) atoms. The lowest BCUT2D eigenvalue weighted by atomic mass is 10.0. The van der Waals surface area contributed by atoms with Crippen LogP contribution in [-0.4, -0.2) is 31.8 Å². The van der Waals surface area contributed by atoms with E-state index in [1.54, 1.807) is 25.3 Å². The van der Waals surface area contributed by atoms with Gasteiger partial charge in [-0.25, -0.2) is 4.98 Å². The van der Waals surface area contributed by atoms with E-state index in [-0.39, 0.29) is 36.4 Å². The number of carbonyl (C=O) groups excluding carboxylic acids is 1. The molecule has 0 saturated heterocycles. The predicted molar refractivity (Wildman–Crippen MR) is 110 cm³/mol. The van der Waals surface area contributed by atoms with Crippen LogP contribution >= 0.6 is 0 Å². The first-order valence-electron chi connectivity index (χ1n) is 9.98. The second-order valence-corrected chi connectivity index (χ2v) is 8.14. The summed E-state index contributed by atoms with van der Waals surface area (Å²) in [4.78, 5) is 16.4. The molecule has 0 bridgehead atoms. The van der Waals surface area contributed by atoms with E-state index in [1.807, 2.05) is 0 Å². The first-order valence-corrected chi connectivity index (χ1v) is 9.98. The van der Waals surface area contributed by atoms with E-state index in [2.05, 4.69) is 15.4 Å². The fourth-order valence-corrected chi connectivity index (χ4v) is 3.14. The Morgan fingerprint density at radius 3 is 2.67 bits per heavy atom. The molecule has 0 fully saturated rings. The number of alkyl halides is 3. The highest BCUT2D eigenvalue weighted by Gasteiger charge is 2.34. The largest absolute Gasteiger partial charge is 0.446 e. The molecule has 11 heteroatoms. The van der Waals surface area contributed by atoms with E-state index in [1.165, 1.54) is 30.9 Å². The van der Waals surface area contributed by atoms with Crippen LogP contribution in [0.25, 0.3) is 11.3 Å². The summed E-state index contributed by atoms with van der Waals surface area (Å²) in [5.74, 6) is -0.203. The Bertz CT molecular complexity index is 1190. The highest BCUT2D eigenvalue weighted by molar-refractivity contribution is 5.78. The second kappa shape index (κ2) is 9.07. The van der Waals surface area contributed by atoms with Crippen molar-refractivity contribution in [1.82, 2.24) is 20.1 Å². The van der Waals surface area contributed by atoms with E-state index < -0.39 is 22.9 Å². The fourth-order valence-electron chi connectivity index (χ4n) is 3.14. The summed E-state index contributed by atoms with van der Waals surface area (Å²) in [6.45, 7) is 5.07. The van der Waals surface area contributed by atoms with Crippen molar-refractivity contribution in [3.05, 3.63) is 59.4 Å². The minimum absolute atomic E-state index is 0.0419. The van der Waals surface area contributed by atoms with Crippen LogP contribution in [-0.2, 0) is 29.5 Å². The van der Waals surface area contributed by atoms with E-state index in [9.17, 15) is 23.1 Å². The van der Waals surface area contributed by atoms with Gasteiger partial charge in [0.1, 0.15) is 11.9 Å². The Morgan fingerprint density at radius 1 is 1.33 bits per heavy atom. The first kappa shape index (κ1) is 24.0. The van der Waals surface area contributed by atoms with Crippen molar-refractivity contribution >= 4 is 5.91 Å². The van der Waals surface area contributed by atoms with Crippen molar-refractivity contribution in [2.24, 2.45) is 0 Å². The highest BCUT2D eigenvalue weighted by atomic mass is 19.4. The molecule has 0 spiro atoms. The molecule has 2 aromatic heterocycles. The Balaban J connectivity index is 1.63. The van der Waals surface area contributed by atoms with Crippen molar-refractivity contribution in [1.29, 1.82) is 5.26 Å². The number of aromatic nitrogens is 3. The van der Waals surface area contributed by atoms with Crippen LogP contribution in [0, 0.1) is 11.3 Å². The topological polar surface area (TPSA) is 117 Å². The van der Waals surface area contributed by atoms with Crippen LogP contribution in [0.4, 0.5) is 13.2 Å². The number of halogens is 3. The maximum Gasteiger partial charge on any atom is 0.417 e. The van der Waals surface area contributed by atoms with E-state index >= 15 is 0 Å². The number of hydrogen-bond donors (Lipinski definition) is 2. The van der Waals surface area contributed by atoms with Crippen molar-refractivity contribution in [2.45, 2.75) is 51.6 Å². The van der Waals surface area contributed by atoms with Gasteiger partial charge < -0.3 is 14.8 Å². The number of hydrogen-bond acceptors (Lipinski definition) is 6. The maximum absolute atomic E-state index is 13.2. The number of nitrogens with one attached hydrogen (secondary N) is 1. The number of nitriles is 1. The summed E-state index contributed by atoms with van der Waals surface area (Å²) in [7, 11) is 0. The van der Waals surface area contributed by atoms with Gasteiger partial charge in [0.2, 0.25) is 11.8 Å². The molecule has 8 nitrogen and oxygen atoms in total. The molecular formula is C22H22F3N5O3. The quantitative estimate of drug-likeness (QED) is 0.557. The van der Waals surface area contributed by atoms with E-state index in [0.29, 0.717) is 11.4 Å². The minimum Gasteiger partial charge on any atom is -0.446 e. The fraction of sp³-hybridized carbons (Fsp3) is 0.364. The van der Waals surface area contributed by atoms with Crippen LogP contribution in [0.15, 0.2) is 41.1 Å². The summed E-state index contributed by atoms with van der Waals surface area (Å²) < 4.78 is 46.3. The molecule has 2 N–H and O–H groups in total. The van der Waals surface area contributed by atoms with Crippen LogP contribution in [0.3, 0.4) is 0 Å². The lowest BCUT2D eigenvalue weighted by molar-refractivity contribution is -0.137. The zero-order chi connectivity index (χ0) is 24.4. The van der Waals surface area contributed by atoms with Gasteiger partial charge in [-0.3, -0.25) is 9.48 Å². The summed E-state index contributed by atoms with van der Waals surface area (Å²) in [5, 5.41) is 25.9. The monoisotopic (exact) mass is 461 g/mol. The molecule has 0 aliphatic rings. The Hall–Kier alpha value is -3.65. The molecule has 0 aliphatic heterocycles. The van der Waals surface area contributed by atoms with Gasteiger partial charge in [-0.05, 0) is 39.0 Å². The molecule has 3 rings (SSSR count). The molecule has 0 radical (unpaired) electrons. The number of benzene rings is 1. The van der Waals surface area contributed by atoms with Crippen LogP contribution in [0.1, 0.15) is 43.5 Å². The maximum atomic E-state index is 13.2. The van der Waals surface area contributed by atoms with Gasteiger partial charge in [0.15, 0.2) is 0 Å². The SMILES string of the molecule is C[C@@H](Cn1ccc(-c2ccc(C#N)c(C(F)(F)F)c2)n1)NC(=O)Cc1coc(C(C)(C)O)n1. The van der Waals surface area contributed by atoms with Crippen LogP contribution < -0.4 is 5.32 Å². The lowest BCUT2D eigenvalue weighted by Gasteiger charge is -2.14. The van der Waals surface area contributed by atoms with Gasteiger partial charge in [0.05, 0.1) is 41.5 Å². The van der Waals surface area contributed by atoms with Gasteiger partial charge in [-0.2, -0.15) is 23.5 Å². The average Bonchev–Trinajstić information content (AvgIpc) is 3.36. The average molecular weight is 461 g/mol. The van der Waals surface area contributed by atoms with Gasteiger partial charge in [-0.15, -0.1) is 0 Å². The van der Waals surface area contributed by atoms with E-state index in [4.69, 9.17) is 9.68 Å². The van der Waals surface area contributed by atoms with E-state index in [0.717, 1.165) is 12.1 Å². The standard InChI is InChI=1S/C22H22F3N5O3/c1-13(27-19(31)9-16-12-33-20(28-16)21(2,3)32)11-30-7-6-18(29-30)14-4-5-15(10-26)17(8-14)22(23,24)25/h4-8,12-13,32H,9,11H2,1-3H3,(H,27,31)/t13-/m0/s1. The molecular weight excluding hydrogens is 439 g/mol. The van der Waals surface area contributed by atoms with Gasteiger partial charge >= 0.3 is 6.18 Å². The Kier molecular flexibility index (Phi) is 6.60. The zero-order valence-corrected chi connectivity index (χ0v) is 18.1. The molecule has 2 heterocycles. The summed E-state index contributed by atoms with van der Waals surface area (Å²) in [5.41, 5.74) is -1.81. The Labute approximate surface area is 187 Å². The van der Waals surface area contributed by atoms with Crippen molar-refractivity contribution in [2.75, 3.05) is 0 Å². The van der Waals surface area contributed by atoms with Crippen LogP contribution in [0.2, 0.25) is 0 Å². The number of carbonyl (C=O) groups is 1. The summed E-state index contributed by atoms with van der Waals surface area (Å²) >= 11 is 0. The van der Waals surface area contributed by atoms with Crippen LogP contribution in [0.5, 0.6) is 0 Å². The Morgan fingerprint density at radius 2 is 2.06 bits per heavy atom. The van der Waals surface area contributed by atoms with Crippen molar-refractivity contribution < 1.29 is 27.5 Å². The molecule has 174 valence electrons. The highest BCUT2D eigenvalue weighted by Crippen LogP contribution is 2.34. The van der Waals surface area contributed by atoms with Crippen molar-refractivity contribution in [3.63, 3.8) is 0 Å². The van der Waals surface area contributed by atoms with Gasteiger partial charge in [0, 0.05) is 17.8 Å². The second-order valence-electron chi connectivity index (χ2n) is 8.14. The molecule has 1 amide bonds. The molecule has 1 aromatic carbocycles. The zero-order valence-electron chi connectivity index (χ0n) is 18.1. The number of amides is 1.